The summed E-state index contributed by atoms with van der Waals surface area (Å²) in [5.74, 6) is 0. The molecular formula is C17H17N5O3S. The van der Waals surface area contributed by atoms with Crippen molar-refractivity contribution in [2.75, 3.05) is 5.32 Å². The monoisotopic (exact) mass is 371 g/mol. The van der Waals surface area contributed by atoms with Gasteiger partial charge in [0.15, 0.2) is 5.03 Å². The maximum atomic E-state index is 12.5. The molecule has 0 saturated heterocycles. The van der Waals surface area contributed by atoms with Gasteiger partial charge in [0.1, 0.15) is 0 Å². The van der Waals surface area contributed by atoms with Gasteiger partial charge in [-0.25, -0.2) is 18.2 Å². The van der Waals surface area contributed by atoms with Gasteiger partial charge in [0.25, 0.3) is 0 Å². The first kappa shape index (κ1) is 17.6. The first-order valence-corrected chi connectivity index (χ1v) is 9.24. The van der Waals surface area contributed by atoms with Crippen LogP contribution in [-0.2, 0) is 16.4 Å². The Morgan fingerprint density at radius 3 is 2.50 bits per heavy atom. The Balaban J connectivity index is 1.66. The molecule has 0 aliphatic heterocycles. The first-order chi connectivity index (χ1) is 12.4. The molecule has 0 spiro atoms. The van der Waals surface area contributed by atoms with Crippen molar-refractivity contribution in [2.45, 2.75) is 23.4 Å². The van der Waals surface area contributed by atoms with Crippen LogP contribution in [0.1, 0.15) is 11.1 Å². The number of benzene rings is 1. The number of aromatic nitrogens is 3. The van der Waals surface area contributed by atoms with E-state index in [1.165, 1.54) is 36.5 Å². The molecule has 2 heterocycles. The van der Waals surface area contributed by atoms with Crippen molar-refractivity contribution in [3.05, 3.63) is 66.1 Å². The van der Waals surface area contributed by atoms with Gasteiger partial charge < -0.3 is 10.6 Å². The molecule has 0 saturated carbocycles. The highest BCUT2D eigenvalue weighted by atomic mass is 32.2. The molecule has 1 aromatic carbocycles. The molecule has 2 aromatic heterocycles. The van der Waals surface area contributed by atoms with Crippen molar-refractivity contribution in [1.29, 1.82) is 0 Å². The molecule has 3 rings (SSSR count). The van der Waals surface area contributed by atoms with Gasteiger partial charge in [-0.15, -0.1) is 0 Å². The summed E-state index contributed by atoms with van der Waals surface area (Å²) in [5.41, 5.74) is 2.20. The second kappa shape index (κ2) is 7.36. The number of carbonyl (C=O) groups is 1. The summed E-state index contributed by atoms with van der Waals surface area (Å²) in [7, 11) is -3.69. The van der Waals surface area contributed by atoms with Gasteiger partial charge in [-0.1, -0.05) is 6.07 Å². The lowest BCUT2D eigenvalue weighted by Gasteiger charge is -2.08. The number of carbonyl (C=O) groups excluding carboxylic acids is 1. The fraction of sp³-hybridized carbons (Fsp3) is 0.118. The third kappa shape index (κ3) is 4.06. The number of aromatic amines is 1. The Morgan fingerprint density at radius 1 is 1.12 bits per heavy atom. The summed E-state index contributed by atoms with van der Waals surface area (Å²) in [6, 6.07) is 8.68. The highest BCUT2D eigenvalue weighted by Gasteiger charge is 2.18. The van der Waals surface area contributed by atoms with Gasteiger partial charge >= 0.3 is 6.03 Å². The van der Waals surface area contributed by atoms with Gasteiger partial charge in [0.05, 0.1) is 11.1 Å². The van der Waals surface area contributed by atoms with Crippen molar-refractivity contribution in [3.63, 3.8) is 0 Å². The van der Waals surface area contributed by atoms with Crippen LogP contribution in [0.15, 0.2) is 64.9 Å². The summed E-state index contributed by atoms with van der Waals surface area (Å²) >= 11 is 0. The van der Waals surface area contributed by atoms with E-state index in [2.05, 4.69) is 25.8 Å². The Morgan fingerprint density at radius 2 is 1.88 bits per heavy atom. The predicted molar refractivity (Wildman–Crippen MR) is 95.3 cm³/mol. The normalized spacial score (nSPS) is 11.1. The third-order valence-corrected chi connectivity index (χ3v) is 5.27. The number of anilines is 1. The number of sulfone groups is 1. The van der Waals surface area contributed by atoms with Crippen LogP contribution in [0.4, 0.5) is 10.5 Å². The van der Waals surface area contributed by atoms with E-state index < -0.39 is 15.9 Å². The molecule has 0 aliphatic rings. The quantitative estimate of drug-likeness (QED) is 0.636. The molecule has 0 atom stereocenters. The summed E-state index contributed by atoms with van der Waals surface area (Å²) in [4.78, 5) is 15.9. The number of nitrogens with zero attached hydrogens (tertiary/aromatic N) is 2. The van der Waals surface area contributed by atoms with Crippen LogP contribution >= 0.6 is 0 Å². The number of amides is 2. The maximum Gasteiger partial charge on any atom is 0.319 e. The topological polar surface area (TPSA) is 117 Å². The predicted octanol–water partition coefficient (Wildman–Crippen LogP) is 2.27. The highest BCUT2D eigenvalue weighted by Crippen LogP contribution is 2.21. The van der Waals surface area contributed by atoms with E-state index in [1.807, 2.05) is 6.92 Å². The number of nitrogens with one attached hydrogen (secondary N) is 3. The third-order valence-electron chi connectivity index (χ3n) is 3.59. The number of hydrogen-bond acceptors (Lipinski definition) is 5. The van der Waals surface area contributed by atoms with Gasteiger partial charge in [0, 0.05) is 30.2 Å². The minimum atomic E-state index is -3.69. The number of pyridine rings is 1. The van der Waals surface area contributed by atoms with Crippen molar-refractivity contribution < 1.29 is 13.2 Å². The van der Waals surface area contributed by atoms with Crippen molar-refractivity contribution in [3.8, 4) is 0 Å². The molecule has 134 valence electrons. The molecule has 26 heavy (non-hydrogen) atoms. The summed E-state index contributed by atoms with van der Waals surface area (Å²) < 4.78 is 25.1. The molecule has 9 heteroatoms. The van der Waals surface area contributed by atoms with Crippen LogP contribution in [0.3, 0.4) is 0 Å². The van der Waals surface area contributed by atoms with E-state index in [0.717, 1.165) is 11.1 Å². The van der Waals surface area contributed by atoms with E-state index in [0.29, 0.717) is 12.2 Å². The molecule has 8 nitrogen and oxygen atoms in total. The number of rotatable bonds is 5. The molecule has 3 N–H and O–H groups in total. The standard InChI is InChI=1S/C17H17N5O3S/c1-12-2-7-16(18-8-12)26(24,25)15-5-3-14(4-6-15)22-17(23)19-9-13-10-20-21-11-13/h2-8,10-11H,9H2,1H3,(H,20,21)(H2,19,22,23). The number of aryl methyl sites for hydroxylation is 1. The molecular weight excluding hydrogens is 354 g/mol. The number of urea groups is 1. The molecule has 0 fully saturated rings. The maximum absolute atomic E-state index is 12.5. The molecule has 0 bridgehead atoms. The minimum Gasteiger partial charge on any atom is -0.334 e. The highest BCUT2D eigenvalue weighted by molar-refractivity contribution is 7.91. The molecule has 0 aliphatic carbocycles. The average Bonchev–Trinajstić information content (AvgIpc) is 3.14. The van der Waals surface area contributed by atoms with Crippen LogP contribution in [0.2, 0.25) is 0 Å². The van der Waals surface area contributed by atoms with Crippen molar-refractivity contribution in [2.24, 2.45) is 0 Å². The van der Waals surface area contributed by atoms with Crippen molar-refractivity contribution >= 4 is 21.6 Å². The lowest BCUT2D eigenvalue weighted by atomic mass is 10.3. The minimum absolute atomic E-state index is 0.0123. The lowest BCUT2D eigenvalue weighted by molar-refractivity contribution is 0.251. The fourth-order valence-corrected chi connectivity index (χ4v) is 3.36. The van der Waals surface area contributed by atoms with Gasteiger partial charge in [0.2, 0.25) is 9.84 Å². The van der Waals surface area contributed by atoms with Crippen LogP contribution in [0.5, 0.6) is 0 Å². The average molecular weight is 371 g/mol. The van der Waals surface area contributed by atoms with Gasteiger partial charge in [-0.05, 0) is 42.8 Å². The van der Waals surface area contributed by atoms with E-state index in [-0.39, 0.29) is 9.92 Å². The number of hydrogen-bond donors (Lipinski definition) is 3. The zero-order chi connectivity index (χ0) is 18.6. The van der Waals surface area contributed by atoms with E-state index in [1.54, 1.807) is 18.5 Å². The molecule has 3 aromatic rings. The van der Waals surface area contributed by atoms with Gasteiger partial charge in [-0.3, -0.25) is 5.10 Å². The van der Waals surface area contributed by atoms with Crippen LogP contribution in [0.25, 0.3) is 0 Å². The van der Waals surface area contributed by atoms with Crippen molar-refractivity contribution in [1.82, 2.24) is 20.5 Å². The van der Waals surface area contributed by atoms with Crippen LogP contribution in [-0.4, -0.2) is 29.6 Å². The van der Waals surface area contributed by atoms with Crippen LogP contribution < -0.4 is 10.6 Å². The fourth-order valence-electron chi connectivity index (χ4n) is 2.18. The SMILES string of the molecule is Cc1ccc(S(=O)(=O)c2ccc(NC(=O)NCc3cn[nH]c3)cc2)nc1. The summed E-state index contributed by atoms with van der Waals surface area (Å²) in [5, 5.41) is 11.7. The largest absolute Gasteiger partial charge is 0.334 e. The van der Waals surface area contributed by atoms with Gasteiger partial charge in [-0.2, -0.15) is 5.10 Å². The molecule has 2 amide bonds. The summed E-state index contributed by atoms with van der Waals surface area (Å²) in [6.07, 6.45) is 4.80. The zero-order valence-electron chi connectivity index (χ0n) is 13.9. The van der Waals surface area contributed by atoms with E-state index >= 15 is 0 Å². The Hall–Kier alpha value is -3.20. The Labute approximate surface area is 150 Å². The van der Waals surface area contributed by atoms with E-state index in [4.69, 9.17) is 0 Å². The first-order valence-electron chi connectivity index (χ1n) is 7.75. The molecule has 0 radical (unpaired) electrons. The summed E-state index contributed by atoms with van der Waals surface area (Å²) in [6.45, 7) is 2.16. The van der Waals surface area contributed by atoms with E-state index in [9.17, 15) is 13.2 Å². The lowest BCUT2D eigenvalue weighted by Crippen LogP contribution is -2.28. The Kier molecular flexibility index (Phi) is 4.99. The second-order valence-electron chi connectivity index (χ2n) is 5.62. The second-order valence-corrected chi connectivity index (χ2v) is 7.51. The van der Waals surface area contributed by atoms with Crippen LogP contribution in [0, 0.1) is 6.92 Å². The zero-order valence-corrected chi connectivity index (χ0v) is 14.7. The number of H-pyrrole nitrogens is 1. The Bertz CT molecular complexity index is 982. The molecule has 0 unspecified atom stereocenters. The smallest absolute Gasteiger partial charge is 0.319 e.